The van der Waals surface area contributed by atoms with Crippen LogP contribution in [0.1, 0.15) is 37.7 Å². The lowest BCUT2D eigenvalue weighted by atomic mass is 9.79. The number of amides is 1. The minimum atomic E-state index is 0.118. The van der Waals surface area contributed by atoms with Crippen LogP contribution in [-0.4, -0.2) is 54.2 Å². The Morgan fingerprint density at radius 3 is 2.73 bits per heavy atom. The molecule has 4 rings (SSSR count). The van der Waals surface area contributed by atoms with E-state index in [1.54, 1.807) is 0 Å². The average molecular weight is 355 g/mol. The van der Waals surface area contributed by atoms with E-state index >= 15 is 0 Å². The average Bonchev–Trinajstić information content (AvgIpc) is 3.11. The standard InChI is InChI=1S/C21H29N3O2/c25-20(14-17-15-22-19-7-3-2-6-18(17)19)23-16-21(8-4-1-5-9-21)24-10-12-26-13-11-24/h2-3,6-7,15,22H,1,4-5,8-14,16H2,(H,23,25). The molecule has 0 bridgehead atoms. The summed E-state index contributed by atoms with van der Waals surface area (Å²) in [5.74, 6) is 0.118. The topological polar surface area (TPSA) is 57.4 Å². The highest BCUT2D eigenvalue weighted by Crippen LogP contribution is 2.34. The van der Waals surface area contributed by atoms with Gasteiger partial charge < -0.3 is 15.0 Å². The van der Waals surface area contributed by atoms with Crippen LogP contribution in [0.3, 0.4) is 0 Å². The normalized spacial score (nSPS) is 20.9. The number of ether oxygens (including phenoxy) is 1. The van der Waals surface area contributed by atoms with Gasteiger partial charge in [-0.1, -0.05) is 37.5 Å². The number of morpholine rings is 1. The fraction of sp³-hybridized carbons (Fsp3) is 0.571. The van der Waals surface area contributed by atoms with Crippen LogP contribution in [0, 0.1) is 0 Å². The monoisotopic (exact) mass is 355 g/mol. The van der Waals surface area contributed by atoms with E-state index in [4.69, 9.17) is 4.74 Å². The summed E-state index contributed by atoms with van der Waals surface area (Å²) >= 11 is 0. The number of nitrogens with zero attached hydrogens (tertiary/aromatic N) is 1. The molecule has 1 saturated heterocycles. The summed E-state index contributed by atoms with van der Waals surface area (Å²) < 4.78 is 5.54. The number of carbonyl (C=O) groups is 1. The molecule has 1 saturated carbocycles. The first kappa shape index (κ1) is 17.6. The Labute approximate surface area is 155 Å². The molecule has 2 aliphatic rings. The van der Waals surface area contributed by atoms with Gasteiger partial charge in [-0.15, -0.1) is 0 Å². The number of nitrogens with one attached hydrogen (secondary N) is 2. The van der Waals surface area contributed by atoms with E-state index in [2.05, 4.69) is 21.3 Å². The molecule has 2 aromatic rings. The minimum Gasteiger partial charge on any atom is -0.379 e. The van der Waals surface area contributed by atoms with Crippen molar-refractivity contribution in [2.24, 2.45) is 0 Å². The lowest BCUT2D eigenvalue weighted by Gasteiger charge is -2.48. The third kappa shape index (κ3) is 3.64. The molecule has 0 unspecified atom stereocenters. The molecule has 0 spiro atoms. The molecule has 2 heterocycles. The highest BCUT2D eigenvalue weighted by molar-refractivity contribution is 5.88. The smallest absolute Gasteiger partial charge is 0.224 e. The van der Waals surface area contributed by atoms with Crippen LogP contribution in [0.5, 0.6) is 0 Å². The first-order valence-electron chi connectivity index (χ1n) is 9.91. The highest BCUT2D eigenvalue weighted by atomic mass is 16.5. The van der Waals surface area contributed by atoms with Gasteiger partial charge in [0.05, 0.1) is 19.6 Å². The predicted molar refractivity (Wildman–Crippen MR) is 103 cm³/mol. The van der Waals surface area contributed by atoms with Gasteiger partial charge in [-0.2, -0.15) is 0 Å². The van der Waals surface area contributed by atoms with Crippen molar-refractivity contribution in [1.29, 1.82) is 0 Å². The van der Waals surface area contributed by atoms with Crippen LogP contribution < -0.4 is 5.32 Å². The van der Waals surface area contributed by atoms with Crippen molar-refractivity contribution in [3.8, 4) is 0 Å². The van der Waals surface area contributed by atoms with Crippen LogP contribution in [0.25, 0.3) is 10.9 Å². The second-order valence-electron chi connectivity index (χ2n) is 7.70. The van der Waals surface area contributed by atoms with Crippen LogP contribution in [0.4, 0.5) is 0 Å². The number of aromatic amines is 1. The summed E-state index contributed by atoms with van der Waals surface area (Å²) in [6.07, 6.45) is 8.59. The number of fused-ring (bicyclic) bond motifs is 1. The van der Waals surface area contributed by atoms with Gasteiger partial charge in [0.1, 0.15) is 0 Å². The van der Waals surface area contributed by atoms with Crippen molar-refractivity contribution >= 4 is 16.8 Å². The van der Waals surface area contributed by atoms with Crippen LogP contribution >= 0.6 is 0 Å². The van der Waals surface area contributed by atoms with Gasteiger partial charge >= 0.3 is 0 Å². The molecular weight excluding hydrogens is 326 g/mol. The van der Waals surface area contributed by atoms with Crippen LogP contribution in [0.15, 0.2) is 30.5 Å². The molecule has 140 valence electrons. The van der Waals surface area contributed by atoms with Crippen molar-refractivity contribution in [3.63, 3.8) is 0 Å². The minimum absolute atomic E-state index is 0.118. The van der Waals surface area contributed by atoms with E-state index in [-0.39, 0.29) is 11.4 Å². The number of hydrogen-bond acceptors (Lipinski definition) is 3. The number of carbonyl (C=O) groups excluding carboxylic acids is 1. The van der Waals surface area contributed by atoms with Gasteiger partial charge in [0.2, 0.25) is 5.91 Å². The van der Waals surface area contributed by atoms with E-state index in [9.17, 15) is 4.79 Å². The van der Waals surface area contributed by atoms with Crippen molar-refractivity contribution in [2.75, 3.05) is 32.8 Å². The molecule has 1 amide bonds. The van der Waals surface area contributed by atoms with Crippen molar-refractivity contribution in [3.05, 3.63) is 36.0 Å². The maximum Gasteiger partial charge on any atom is 0.224 e. The lowest BCUT2D eigenvalue weighted by Crippen LogP contribution is -2.59. The van der Waals surface area contributed by atoms with Crippen molar-refractivity contribution < 1.29 is 9.53 Å². The maximum atomic E-state index is 12.7. The number of benzene rings is 1. The fourth-order valence-electron chi connectivity index (χ4n) is 4.63. The van der Waals surface area contributed by atoms with E-state index in [0.717, 1.165) is 49.3 Å². The summed E-state index contributed by atoms with van der Waals surface area (Å²) in [5.41, 5.74) is 2.28. The molecular formula is C21H29N3O2. The molecule has 1 aromatic heterocycles. The summed E-state index contributed by atoms with van der Waals surface area (Å²) in [4.78, 5) is 18.5. The molecule has 2 N–H and O–H groups in total. The zero-order valence-corrected chi connectivity index (χ0v) is 15.4. The van der Waals surface area contributed by atoms with Gasteiger partial charge in [-0.25, -0.2) is 0 Å². The number of rotatable bonds is 5. The number of aromatic nitrogens is 1. The SMILES string of the molecule is O=C(Cc1c[nH]c2ccccc12)NCC1(N2CCOCC2)CCCCC1. The third-order valence-corrected chi connectivity index (χ3v) is 6.11. The Bertz CT molecular complexity index is 743. The van der Waals surface area contributed by atoms with E-state index in [1.807, 2.05) is 24.4 Å². The fourth-order valence-corrected chi connectivity index (χ4v) is 4.63. The summed E-state index contributed by atoms with van der Waals surface area (Å²) in [6, 6.07) is 8.15. The first-order chi connectivity index (χ1) is 12.8. The summed E-state index contributed by atoms with van der Waals surface area (Å²) in [6.45, 7) is 4.35. The second-order valence-corrected chi connectivity index (χ2v) is 7.70. The second kappa shape index (κ2) is 7.80. The number of hydrogen-bond donors (Lipinski definition) is 2. The van der Waals surface area contributed by atoms with E-state index in [1.165, 1.54) is 32.1 Å². The third-order valence-electron chi connectivity index (χ3n) is 6.11. The Hall–Kier alpha value is -1.85. The van der Waals surface area contributed by atoms with Gasteiger partial charge in [-0.3, -0.25) is 9.69 Å². The summed E-state index contributed by atoms with van der Waals surface area (Å²) in [5, 5.41) is 4.40. The van der Waals surface area contributed by atoms with E-state index < -0.39 is 0 Å². The van der Waals surface area contributed by atoms with Gasteiger partial charge in [0, 0.05) is 42.3 Å². The molecule has 1 aliphatic heterocycles. The largest absolute Gasteiger partial charge is 0.379 e. The molecule has 1 aliphatic carbocycles. The maximum absolute atomic E-state index is 12.7. The van der Waals surface area contributed by atoms with Gasteiger partial charge in [0.15, 0.2) is 0 Å². The number of H-pyrrole nitrogens is 1. The quantitative estimate of drug-likeness (QED) is 0.867. The predicted octanol–water partition coefficient (Wildman–Crippen LogP) is 2.86. The highest BCUT2D eigenvalue weighted by Gasteiger charge is 2.38. The molecule has 0 atom stereocenters. The zero-order chi connectivity index (χ0) is 17.8. The van der Waals surface area contributed by atoms with E-state index in [0.29, 0.717) is 6.42 Å². The number of para-hydroxylation sites is 1. The summed E-state index contributed by atoms with van der Waals surface area (Å²) in [7, 11) is 0. The van der Waals surface area contributed by atoms with Crippen molar-refractivity contribution in [1.82, 2.24) is 15.2 Å². The lowest BCUT2D eigenvalue weighted by molar-refractivity contribution is -0.121. The Kier molecular flexibility index (Phi) is 5.27. The molecule has 0 radical (unpaired) electrons. The Morgan fingerprint density at radius 2 is 1.92 bits per heavy atom. The molecule has 26 heavy (non-hydrogen) atoms. The molecule has 2 fully saturated rings. The Balaban J connectivity index is 1.41. The molecule has 5 nitrogen and oxygen atoms in total. The first-order valence-corrected chi connectivity index (χ1v) is 9.91. The molecule has 1 aromatic carbocycles. The van der Waals surface area contributed by atoms with Crippen LogP contribution in [0.2, 0.25) is 0 Å². The Morgan fingerprint density at radius 1 is 1.15 bits per heavy atom. The van der Waals surface area contributed by atoms with Crippen molar-refractivity contribution in [2.45, 2.75) is 44.1 Å². The van der Waals surface area contributed by atoms with Gasteiger partial charge in [-0.05, 0) is 24.5 Å². The molecule has 5 heteroatoms. The van der Waals surface area contributed by atoms with Gasteiger partial charge in [0.25, 0.3) is 0 Å². The van der Waals surface area contributed by atoms with Crippen LogP contribution in [-0.2, 0) is 16.0 Å². The zero-order valence-electron chi connectivity index (χ0n) is 15.4.